The molecule has 0 spiro atoms. The Hall–Kier alpha value is -1.44. The normalized spacial score (nSPS) is 21.8. The van der Waals surface area contributed by atoms with E-state index in [-0.39, 0.29) is 57.8 Å². The average Bonchev–Trinajstić information content (AvgIpc) is 3.08. The molecule has 316 valence electrons. The maximum atomic E-state index is 13.9. The smallest absolute Gasteiger partial charge is 0.297 e. The van der Waals surface area contributed by atoms with Crippen LogP contribution in [0.15, 0.2) is 63.6 Å². The topological polar surface area (TPSA) is 107 Å². The van der Waals surface area contributed by atoms with Crippen molar-refractivity contribution in [3.63, 3.8) is 0 Å². The first-order valence-electron chi connectivity index (χ1n) is 19.8. The molecule has 7 atom stereocenters. The zero-order chi connectivity index (χ0) is 42.3. The maximum Gasteiger partial charge on any atom is 0.297 e. The molecule has 0 aliphatic carbocycles. The number of carbonyl (C=O) groups is 1. The lowest BCUT2D eigenvalue weighted by molar-refractivity contribution is -0.184. The molecule has 1 saturated heterocycles. The van der Waals surface area contributed by atoms with E-state index in [0.29, 0.717) is 19.4 Å². The number of hydrogen-bond donors (Lipinski definition) is 0. The first-order valence-corrected chi connectivity index (χ1v) is 28.3. The van der Waals surface area contributed by atoms with Crippen LogP contribution < -0.4 is 4.74 Å². The van der Waals surface area contributed by atoms with E-state index in [9.17, 15) is 13.2 Å². The van der Waals surface area contributed by atoms with Gasteiger partial charge in [-0.05, 0) is 95.0 Å². The Morgan fingerprint density at radius 3 is 1.96 bits per heavy atom. The third-order valence-corrected chi connectivity index (χ3v) is 22.6. The molecule has 2 aromatic rings. The second-order valence-corrected chi connectivity index (χ2v) is 30.5. The number of methoxy groups -OCH3 is 1. The van der Waals surface area contributed by atoms with Gasteiger partial charge < -0.3 is 23.1 Å². The molecule has 1 aliphatic heterocycles. The van der Waals surface area contributed by atoms with Crippen molar-refractivity contribution in [2.24, 2.45) is 11.8 Å². The van der Waals surface area contributed by atoms with Crippen LogP contribution in [0.4, 0.5) is 0 Å². The van der Waals surface area contributed by atoms with Gasteiger partial charge in [0.1, 0.15) is 17.6 Å². The summed E-state index contributed by atoms with van der Waals surface area (Å²) >= 11 is 2.19. The quantitative estimate of drug-likeness (QED) is 0.0773. The van der Waals surface area contributed by atoms with E-state index >= 15 is 0 Å². The molecule has 1 heterocycles. The van der Waals surface area contributed by atoms with E-state index in [1.54, 1.807) is 31.4 Å². The highest BCUT2D eigenvalue weighted by Gasteiger charge is 2.50. The first kappa shape index (κ1) is 48.9. The standard InChI is InChI=1S/C43H69IO9SSi2/c1-30-15-21-36(22-16-30)54(46,47)50-29-40-38(52-55(11,12)42(4,5)6)27-39(53-56(13,14)43(7,8)9)41(51-40)32(3)26-34(45)25-31(2)37(23-24-44)49-28-33-17-19-35(48-10)20-18-33/h15-24,31-32,37-41H,25-29H2,1-14H3/b24-23+/t31-,32-,37+,38+,39-,40+,41-/m0/s1. The van der Waals surface area contributed by atoms with E-state index in [1.165, 1.54) is 0 Å². The summed E-state index contributed by atoms with van der Waals surface area (Å²) in [6.45, 7) is 28.2. The van der Waals surface area contributed by atoms with E-state index in [2.05, 4.69) is 90.3 Å². The zero-order valence-electron chi connectivity index (χ0n) is 36.3. The van der Waals surface area contributed by atoms with Gasteiger partial charge in [0, 0.05) is 19.3 Å². The fraction of sp³-hybridized carbons (Fsp3) is 0.651. The number of ether oxygens (including phenoxy) is 3. The van der Waals surface area contributed by atoms with Crippen LogP contribution in [0.3, 0.4) is 0 Å². The van der Waals surface area contributed by atoms with Gasteiger partial charge in [0.15, 0.2) is 16.6 Å². The van der Waals surface area contributed by atoms with Crippen molar-refractivity contribution in [1.29, 1.82) is 0 Å². The molecule has 13 heteroatoms. The minimum Gasteiger partial charge on any atom is -0.497 e. The van der Waals surface area contributed by atoms with Crippen molar-refractivity contribution in [1.82, 2.24) is 0 Å². The molecule has 0 N–H and O–H groups in total. The summed E-state index contributed by atoms with van der Waals surface area (Å²) < 4.78 is 67.2. The summed E-state index contributed by atoms with van der Waals surface area (Å²) in [5, 5.41) is -0.172. The third-order valence-electron chi connectivity index (χ3n) is 11.9. The highest BCUT2D eigenvalue weighted by Crippen LogP contribution is 2.44. The Balaban J connectivity index is 1.88. The van der Waals surface area contributed by atoms with Crippen LogP contribution in [0.25, 0.3) is 0 Å². The highest BCUT2D eigenvalue weighted by molar-refractivity contribution is 14.1. The molecule has 3 rings (SSSR count). The van der Waals surface area contributed by atoms with Crippen molar-refractivity contribution in [3.8, 4) is 5.75 Å². The first-order chi connectivity index (χ1) is 25.8. The third kappa shape index (κ3) is 13.8. The molecule has 0 saturated carbocycles. The summed E-state index contributed by atoms with van der Waals surface area (Å²) in [6, 6.07) is 14.4. The number of Topliss-reactive ketones (excluding diaryl/α,β-unsaturated/α-hetero) is 1. The van der Waals surface area contributed by atoms with E-state index < -0.39 is 45.1 Å². The van der Waals surface area contributed by atoms with Crippen LogP contribution >= 0.6 is 22.6 Å². The second kappa shape index (κ2) is 20.2. The molecule has 0 amide bonds. The molecule has 0 unspecified atom stereocenters. The largest absolute Gasteiger partial charge is 0.497 e. The van der Waals surface area contributed by atoms with Crippen LogP contribution in [0.1, 0.15) is 85.8 Å². The predicted octanol–water partition coefficient (Wildman–Crippen LogP) is 10.8. The van der Waals surface area contributed by atoms with Crippen molar-refractivity contribution in [2.45, 2.75) is 160 Å². The van der Waals surface area contributed by atoms with Crippen LogP contribution in [-0.2, 0) is 44.0 Å². The highest BCUT2D eigenvalue weighted by atomic mass is 127. The maximum absolute atomic E-state index is 13.9. The van der Waals surface area contributed by atoms with Gasteiger partial charge in [-0.2, -0.15) is 8.42 Å². The van der Waals surface area contributed by atoms with E-state index in [1.807, 2.05) is 55.2 Å². The zero-order valence-corrected chi connectivity index (χ0v) is 41.3. The van der Waals surface area contributed by atoms with Crippen molar-refractivity contribution >= 4 is 55.1 Å². The number of carbonyl (C=O) groups excluding carboxylic acids is 1. The summed E-state index contributed by atoms with van der Waals surface area (Å²) in [5.41, 5.74) is 1.97. The average molecular weight is 945 g/mol. The molecule has 56 heavy (non-hydrogen) atoms. The van der Waals surface area contributed by atoms with E-state index in [4.69, 9.17) is 27.2 Å². The molecule has 0 bridgehead atoms. The lowest BCUT2D eigenvalue weighted by Crippen LogP contribution is -2.59. The number of aryl methyl sites for hydroxylation is 1. The van der Waals surface area contributed by atoms with Gasteiger partial charge >= 0.3 is 0 Å². The lowest BCUT2D eigenvalue weighted by Gasteiger charge is -2.50. The molecule has 1 aliphatic rings. The Labute approximate surface area is 354 Å². The Morgan fingerprint density at radius 2 is 1.45 bits per heavy atom. The number of rotatable bonds is 19. The molecule has 2 aromatic carbocycles. The van der Waals surface area contributed by atoms with Crippen molar-refractivity contribution in [2.75, 3.05) is 13.7 Å². The number of benzene rings is 2. The Morgan fingerprint density at radius 1 is 0.893 bits per heavy atom. The SMILES string of the molecule is COc1ccc(CO[C@H](/C=C/I)[C@@H](C)CC(=O)C[C@H](C)[C@@H]2O[C@H](COS(=O)(=O)c3ccc(C)cc3)[C@H](O[Si](C)(C)C(C)(C)C)C[C@@H]2O[Si](C)(C)C(C)(C)C)cc1. The van der Waals surface area contributed by atoms with Crippen molar-refractivity contribution < 1.29 is 40.5 Å². The minimum atomic E-state index is -4.07. The van der Waals surface area contributed by atoms with Gasteiger partial charge in [-0.1, -0.05) is 108 Å². The van der Waals surface area contributed by atoms with Crippen LogP contribution in [-0.4, -0.2) is 75.1 Å². The number of hydrogen-bond acceptors (Lipinski definition) is 9. The lowest BCUT2D eigenvalue weighted by atomic mass is 9.86. The summed E-state index contributed by atoms with van der Waals surface area (Å²) in [6.07, 6.45) is 0.824. The van der Waals surface area contributed by atoms with Crippen molar-refractivity contribution in [3.05, 3.63) is 69.8 Å². The minimum absolute atomic E-state index is 0.0685. The predicted molar refractivity (Wildman–Crippen MR) is 239 cm³/mol. The van der Waals surface area contributed by atoms with E-state index in [0.717, 1.165) is 16.9 Å². The van der Waals surface area contributed by atoms with Gasteiger partial charge in [-0.15, -0.1) is 0 Å². The molecule has 1 fully saturated rings. The number of halogens is 1. The van der Waals surface area contributed by atoms with Gasteiger partial charge in [-0.3, -0.25) is 8.98 Å². The molecular weight excluding hydrogens is 876 g/mol. The van der Waals surface area contributed by atoms with Crippen LogP contribution in [0.2, 0.25) is 36.3 Å². The molecule has 0 aromatic heterocycles. The fourth-order valence-electron chi connectivity index (χ4n) is 6.25. The van der Waals surface area contributed by atoms with Gasteiger partial charge in [-0.25, -0.2) is 0 Å². The molecular formula is C43H69IO9SSi2. The van der Waals surface area contributed by atoms with Gasteiger partial charge in [0.2, 0.25) is 0 Å². The summed E-state index contributed by atoms with van der Waals surface area (Å²) in [7, 11) is -7.11. The number of ketones is 1. The van der Waals surface area contributed by atoms with Crippen LogP contribution in [0.5, 0.6) is 5.75 Å². The fourth-order valence-corrected chi connectivity index (χ4v) is 10.3. The van der Waals surface area contributed by atoms with Gasteiger partial charge in [0.05, 0.1) is 49.6 Å². The summed E-state index contributed by atoms with van der Waals surface area (Å²) in [4.78, 5) is 14.0. The molecule has 9 nitrogen and oxygen atoms in total. The monoisotopic (exact) mass is 944 g/mol. The molecule has 0 radical (unpaired) electrons. The Kier molecular flexibility index (Phi) is 17.7. The van der Waals surface area contributed by atoms with Gasteiger partial charge in [0.25, 0.3) is 10.1 Å². The Bertz CT molecular complexity index is 1680. The van der Waals surface area contributed by atoms with Crippen LogP contribution in [0, 0.1) is 18.8 Å². The summed E-state index contributed by atoms with van der Waals surface area (Å²) in [5.74, 6) is 0.595. The second-order valence-electron chi connectivity index (χ2n) is 18.6.